The Morgan fingerprint density at radius 2 is 2.19 bits per heavy atom. The lowest BCUT2D eigenvalue weighted by atomic mass is 10.2. The zero-order chi connectivity index (χ0) is 14.7. The van der Waals surface area contributed by atoms with Gasteiger partial charge < -0.3 is 15.4 Å². The van der Waals surface area contributed by atoms with Gasteiger partial charge in [-0.2, -0.15) is 0 Å². The predicted molar refractivity (Wildman–Crippen MR) is 83.4 cm³/mol. The molecule has 0 radical (unpaired) electrons. The van der Waals surface area contributed by atoms with Crippen LogP contribution in [0.15, 0.2) is 35.7 Å². The van der Waals surface area contributed by atoms with Crippen molar-refractivity contribution in [1.29, 1.82) is 0 Å². The molecule has 0 unspecified atom stereocenters. The van der Waals surface area contributed by atoms with Gasteiger partial charge >= 0.3 is 0 Å². The highest BCUT2D eigenvalue weighted by Crippen LogP contribution is 2.33. The molecule has 4 nitrogen and oxygen atoms in total. The molecule has 21 heavy (non-hydrogen) atoms. The van der Waals surface area contributed by atoms with Gasteiger partial charge in [0.1, 0.15) is 5.75 Å². The summed E-state index contributed by atoms with van der Waals surface area (Å²) in [6, 6.07) is 9.52. The zero-order valence-electron chi connectivity index (χ0n) is 11.3. The summed E-state index contributed by atoms with van der Waals surface area (Å²) in [6.45, 7) is 0.909. The molecule has 0 fully saturated rings. The molecular weight excluding hydrogens is 284 g/mol. The van der Waals surface area contributed by atoms with E-state index in [1.54, 1.807) is 16.2 Å². The maximum atomic E-state index is 12.2. The van der Waals surface area contributed by atoms with Crippen molar-refractivity contribution in [3.8, 4) is 17.6 Å². The third-order valence-electron chi connectivity index (χ3n) is 3.18. The minimum Gasteiger partial charge on any atom is -0.482 e. The summed E-state index contributed by atoms with van der Waals surface area (Å²) < 4.78 is 5.45. The lowest BCUT2D eigenvalue weighted by molar-refractivity contribution is -0.121. The Labute approximate surface area is 127 Å². The lowest BCUT2D eigenvalue weighted by Gasteiger charge is -2.29. The topological polar surface area (TPSA) is 55.6 Å². The molecule has 1 aromatic heterocycles. The monoisotopic (exact) mass is 298 g/mol. The number of nitrogens with zero attached hydrogens (tertiary/aromatic N) is 1. The van der Waals surface area contributed by atoms with Crippen molar-refractivity contribution in [3.63, 3.8) is 0 Å². The molecule has 0 atom stereocenters. The SMILES string of the molecule is NCC#Cc1ccsc1CN1C(=O)COc2ccccc21. The van der Waals surface area contributed by atoms with Gasteiger partial charge in [-0.05, 0) is 23.6 Å². The number of amides is 1. The van der Waals surface area contributed by atoms with E-state index in [0.29, 0.717) is 13.1 Å². The van der Waals surface area contributed by atoms with E-state index in [9.17, 15) is 4.79 Å². The molecule has 106 valence electrons. The van der Waals surface area contributed by atoms with Crippen LogP contribution < -0.4 is 15.4 Å². The second-order valence-corrected chi connectivity index (χ2v) is 5.50. The molecule has 0 saturated heterocycles. The normalized spacial score (nSPS) is 13.2. The number of rotatable bonds is 2. The number of fused-ring (bicyclic) bond motifs is 1. The van der Waals surface area contributed by atoms with Crippen LogP contribution in [0.1, 0.15) is 10.4 Å². The van der Waals surface area contributed by atoms with Crippen LogP contribution >= 0.6 is 11.3 Å². The van der Waals surface area contributed by atoms with Crippen molar-refractivity contribution in [2.24, 2.45) is 5.73 Å². The number of carbonyl (C=O) groups excluding carboxylic acids is 1. The van der Waals surface area contributed by atoms with Crippen LogP contribution in [0.2, 0.25) is 0 Å². The van der Waals surface area contributed by atoms with Gasteiger partial charge in [0.25, 0.3) is 5.91 Å². The van der Waals surface area contributed by atoms with Crippen molar-refractivity contribution in [1.82, 2.24) is 0 Å². The first kappa shape index (κ1) is 13.7. The highest BCUT2D eigenvalue weighted by Gasteiger charge is 2.26. The fraction of sp³-hybridized carbons (Fsp3) is 0.188. The molecule has 3 rings (SSSR count). The number of carbonyl (C=O) groups is 1. The maximum absolute atomic E-state index is 12.2. The van der Waals surface area contributed by atoms with E-state index in [4.69, 9.17) is 10.5 Å². The number of anilines is 1. The van der Waals surface area contributed by atoms with Crippen LogP contribution in [0, 0.1) is 11.8 Å². The molecule has 2 heterocycles. The maximum Gasteiger partial charge on any atom is 0.265 e. The largest absolute Gasteiger partial charge is 0.482 e. The van der Waals surface area contributed by atoms with Crippen LogP contribution in [0.25, 0.3) is 0 Å². The summed E-state index contributed by atoms with van der Waals surface area (Å²) in [4.78, 5) is 15.0. The van der Waals surface area contributed by atoms with E-state index >= 15 is 0 Å². The second kappa shape index (κ2) is 6.00. The molecule has 1 aliphatic heterocycles. The second-order valence-electron chi connectivity index (χ2n) is 4.50. The number of hydrogen-bond acceptors (Lipinski definition) is 4. The lowest BCUT2D eigenvalue weighted by Crippen LogP contribution is -2.38. The van der Waals surface area contributed by atoms with E-state index in [0.717, 1.165) is 21.9 Å². The van der Waals surface area contributed by atoms with Gasteiger partial charge in [-0.15, -0.1) is 11.3 Å². The number of thiophene rings is 1. The first-order valence-corrected chi connectivity index (χ1v) is 7.45. The van der Waals surface area contributed by atoms with E-state index in [2.05, 4.69) is 11.8 Å². The number of para-hydroxylation sites is 2. The molecule has 1 aromatic carbocycles. The van der Waals surface area contributed by atoms with Crippen LogP contribution in [0.4, 0.5) is 5.69 Å². The minimum absolute atomic E-state index is 0.0418. The number of benzene rings is 1. The highest BCUT2D eigenvalue weighted by atomic mass is 32.1. The Balaban J connectivity index is 1.91. The van der Waals surface area contributed by atoms with Gasteiger partial charge in [-0.1, -0.05) is 24.0 Å². The first-order valence-electron chi connectivity index (χ1n) is 6.57. The average molecular weight is 298 g/mol. The highest BCUT2D eigenvalue weighted by molar-refractivity contribution is 7.10. The van der Waals surface area contributed by atoms with Crippen molar-refractivity contribution in [2.45, 2.75) is 6.54 Å². The van der Waals surface area contributed by atoms with E-state index in [-0.39, 0.29) is 12.5 Å². The smallest absolute Gasteiger partial charge is 0.265 e. The van der Waals surface area contributed by atoms with Crippen molar-refractivity contribution in [2.75, 3.05) is 18.1 Å². The Morgan fingerprint density at radius 1 is 1.33 bits per heavy atom. The van der Waals surface area contributed by atoms with Crippen LogP contribution in [-0.4, -0.2) is 19.1 Å². The molecule has 0 spiro atoms. The van der Waals surface area contributed by atoms with Crippen LogP contribution in [0.3, 0.4) is 0 Å². The van der Waals surface area contributed by atoms with Gasteiger partial charge in [0.2, 0.25) is 0 Å². The fourth-order valence-corrected chi connectivity index (χ4v) is 3.01. The van der Waals surface area contributed by atoms with Gasteiger partial charge in [-0.3, -0.25) is 4.79 Å². The van der Waals surface area contributed by atoms with Gasteiger partial charge in [0, 0.05) is 10.4 Å². The Morgan fingerprint density at radius 3 is 3.05 bits per heavy atom. The molecule has 1 aliphatic rings. The van der Waals surface area contributed by atoms with Crippen molar-refractivity contribution >= 4 is 22.9 Å². The minimum atomic E-state index is -0.0418. The van der Waals surface area contributed by atoms with Crippen molar-refractivity contribution < 1.29 is 9.53 Å². The third kappa shape index (κ3) is 2.77. The third-order valence-corrected chi connectivity index (χ3v) is 4.09. The van der Waals surface area contributed by atoms with Crippen LogP contribution in [0.5, 0.6) is 5.75 Å². The molecule has 0 saturated carbocycles. The Bertz CT molecular complexity index is 727. The number of hydrogen-bond donors (Lipinski definition) is 1. The first-order chi connectivity index (χ1) is 10.3. The summed E-state index contributed by atoms with van der Waals surface area (Å²) in [5.41, 5.74) is 7.15. The standard InChI is InChI=1S/C16H14N2O2S/c17-8-3-4-12-7-9-21-15(12)10-18-13-5-1-2-6-14(13)20-11-16(18)19/h1-2,5-7,9H,8,10-11,17H2. The fourth-order valence-electron chi connectivity index (χ4n) is 2.19. The van der Waals surface area contributed by atoms with Crippen LogP contribution in [-0.2, 0) is 11.3 Å². The molecular formula is C16H14N2O2S. The summed E-state index contributed by atoms with van der Waals surface area (Å²) in [5.74, 6) is 6.60. The van der Waals surface area contributed by atoms with E-state index in [1.807, 2.05) is 35.7 Å². The van der Waals surface area contributed by atoms with Gasteiger partial charge in [-0.25, -0.2) is 0 Å². The molecule has 2 aromatic rings. The van der Waals surface area contributed by atoms with Gasteiger partial charge in [0.15, 0.2) is 6.61 Å². The van der Waals surface area contributed by atoms with Gasteiger partial charge in [0.05, 0.1) is 18.8 Å². The van der Waals surface area contributed by atoms with E-state index in [1.165, 1.54) is 0 Å². The molecule has 1 amide bonds. The number of ether oxygens (including phenoxy) is 1. The number of nitrogens with two attached hydrogens (primary N) is 1. The summed E-state index contributed by atoms with van der Waals surface area (Å²) in [5, 5.41) is 1.98. The molecule has 2 N–H and O–H groups in total. The summed E-state index contributed by atoms with van der Waals surface area (Å²) >= 11 is 1.59. The quantitative estimate of drug-likeness (QED) is 0.863. The predicted octanol–water partition coefficient (Wildman–Crippen LogP) is 1.98. The Kier molecular flexibility index (Phi) is 3.91. The van der Waals surface area contributed by atoms with Crippen molar-refractivity contribution in [3.05, 3.63) is 46.2 Å². The molecule has 0 aliphatic carbocycles. The Hall–Kier alpha value is -2.29. The summed E-state index contributed by atoms with van der Waals surface area (Å²) in [6.07, 6.45) is 0. The molecule has 5 heteroatoms. The average Bonchev–Trinajstić information content (AvgIpc) is 2.95. The summed E-state index contributed by atoms with van der Waals surface area (Å²) in [7, 11) is 0. The van der Waals surface area contributed by atoms with E-state index < -0.39 is 0 Å². The molecule has 0 bridgehead atoms. The zero-order valence-corrected chi connectivity index (χ0v) is 12.2.